The van der Waals surface area contributed by atoms with Crippen molar-refractivity contribution in [2.75, 3.05) is 0 Å². The number of hydrogen-bond donors (Lipinski definition) is 1. The van der Waals surface area contributed by atoms with Crippen LogP contribution >= 0.6 is 0 Å². The molecule has 1 atom stereocenters. The monoisotopic (exact) mass is 552 g/mol. The normalized spacial score (nSPS) is 20.2. The van der Waals surface area contributed by atoms with Gasteiger partial charge >= 0.3 is 0 Å². The highest BCUT2D eigenvalue weighted by atomic mass is 16.3. The van der Waals surface area contributed by atoms with E-state index in [2.05, 4.69) is 166 Å². The Morgan fingerprint density at radius 3 is 1.66 bits per heavy atom. The molecule has 0 fully saturated rings. The Bertz CT molecular complexity index is 1220. The van der Waals surface area contributed by atoms with Crippen molar-refractivity contribution in [3.63, 3.8) is 0 Å². The van der Waals surface area contributed by atoms with Crippen LogP contribution in [0.5, 0.6) is 0 Å². The van der Waals surface area contributed by atoms with Crippen molar-refractivity contribution in [1.29, 1.82) is 0 Å². The molecule has 1 N–H and O–H groups in total. The lowest BCUT2D eigenvalue weighted by Crippen LogP contribution is -2.28. The number of aliphatic hydroxyl groups excluding tert-OH is 1. The third-order valence-electron chi connectivity index (χ3n) is 7.09. The zero-order chi connectivity index (χ0) is 30.8. The first kappa shape index (κ1) is 35.9. The van der Waals surface area contributed by atoms with Crippen molar-refractivity contribution in [2.24, 2.45) is 5.41 Å². The van der Waals surface area contributed by atoms with Crippen LogP contribution in [-0.2, 0) is 0 Å². The highest BCUT2D eigenvalue weighted by Crippen LogP contribution is 2.41. The highest BCUT2D eigenvalue weighted by molar-refractivity contribution is 5.38. The molecule has 0 aromatic heterocycles. The average molecular weight is 553 g/mol. The molecule has 0 spiro atoms. The summed E-state index contributed by atoms with van der Waals surface area (Å²) in [7, 11) is 0. The molecule has 0 saturated heterocycles. The number of allylic oxidation sites excluding steroid dienone is 23. The fourth-order valence-electron chi connectivity index (χ4n) is 4.77. The van der Waals surface area contributed by atoms with Crippen molar-refractivity contribution in [3.05, 3.63) is 142 Å². The third-order valence-corrected chi connectivity index (χ3v) is 7.09. The van der Waals surface area contributed by atoms with E-state index in [-0.39, 0.29) is 11.5 Å². The van der Waals surface area contributed by atoms with Gasteiger partial charge < -0.3 is 5.11 Å². The summed E-state index contributed by atoms with van der Waals surface area (Å²) in [6, 6.07) is 0. The summed E-state index contributed by atoms with van der Waals surface area (Å²) in [5.41, 5.74) is 10.3. The molecule has 1 heteroatoms. The maximum absolute atomic E-state index is 10.1. The predicted octanol–water partition coefficient (Wildman–Crippen LogP) is 11.7. The Labute approximate surface area is 252 Å². The van der Waals surface area contributed by atoms with Gasteiger partial charge in [0.2, 0.25) is 0 Å². The van der Waals surface area contributed by atoms with Crippen LogP contribution in [0.2, 0.25) is 0 Å². The molecule has 0 saturated carbocycles. The summed E-state index contributed by atoms with van der Waals surface area (Å²) < 4.78 is 0. The zero-order valence-corrected chi connectivity index (χ0v) is 27.6. The quantitative estimate of drug-likeness (QED) is 0.178. The van der Waals surface area contributed by atoms with Crippen LogP contribution in [0.25, 0.3) is 0 Å². The van der Waals surface area contributed by atoms with Gasteiger partial charge in [0.25, 0.3) is 0 Å². The first-order valence-electron chi connectivity index (χ1n) is 15.1. The van der Waals surface area contributed by atoms with E-state index in [1.807, 2.05) is 0 Å². The first-order chi connectivity index (χ1) is 19.3. The number of aliphatic hydroxyl groups is 1. The molecule has 0 heterocycles. The van der Waals surface area contributed by atoms with Gasteiger partial charge in [-0.1, -0.05) is 150 Å². The van der Waals surface area contributed by atoms with Crippen LogP contribution in [-0.4, -0.2) is 11.2 Å². The second kappa shape index (κ2) is 19.1. The second-order valence-corrected chi connectivity index (χ2v) is 12.4. The van der Waals surface area contributed by atoms with Gasteiger partial charge in [0.1, 0.15) is 0 Å². The van der Waals surface area contributed by atoms with Gasteiger partial charge in [0.05, 0.1) is 6.10 Å². The van der Waals surface area contributed by atoms with Crippen LogP contribution in [0, 0.1) is 5.41 Å². The van der Waals surface area contributed by atoms with E-state index in [0.29, 0.717) is 0 Å². The van der Waals surface area contributed by atoms with E-state index in [0.717, 1.165) is 25.7 Å². The van der Waals surface area contributed by atoms with Crippen molar-refractivity contribution in [2.45, 2.75) is 101 Å². The fraction of sp³-hybridized carbons (Fsp3) is 0.400. The molecule has 1 aliphatic rings. The summed E-state index contributed by atoms with van der Waals surface area (Å²) in [5.74, 6) is 0. The summed E-state index contributed by atoms with van der Waals surface area (Å²) >= 11 is 0. The summed E-state index contributed by atoms with van der Waals surface area (Å²) in [6.07, 6.45) is 38.0. The van der Waals surface area contributed by atoms with Crippen LogP contribution in [0.1, 0.15) is 94.9 Å². The van der Waals surface area contributed by atoms with Gasteiger partial charge in [-0.05, 0) is 92.1 Å². The maximum Gasteiger partial charge on any atom is 0.0585 e. The Kier molecular flexibility index (Phi) is 16.7. The van der Waals surface area contributed by atoms with Gasteiger partial charge in [-0.15, -0.1) is 0 Å². The van der Waals surface area contributed by atoms with E-state index >= 15 is 0 Å². The van der Waals surface area contributed by atoms with Gasteiger partial charge in [0.15, 0.2) is 0 Å². The second-order valence-electron chi connectivity index (χ2n) is 12.4. The number of hydrogen-bond acceptors (Lipinski definition) is 1. The summed E-state index contributed by atoms with van der Waals surface area (Å²) in [4.78, 5) is 0. The molecule has 0 radical (unpaired) electrons. The average Bonchev–Trinajstić information content (AvgIpc) is 2.85. The molecule has 0 amide bonds. The highest BCUT2D eigenvalue weighted by Gasteiger charge is 2.31. The minimum atomic E-state index is -0.222. The molecule has 1 nitrogen and oxygen atoms in total. The standard InChI is InChI=1S/C40H56O/c1-31(2)17-13-20-34(5)23-15-25-35(6)24-14-21-32(3)18-11-12-19-33(4)22-16-26-36(7)27-28-39-37(8)29-38(41)30-40(39,9)10/h11-12,14-19,21-28,38,41H,13,20,29-30H2,1-10H3/b12-11+,21-14+,22-16+,25-15+,28-27+,32-18+,33-19+,34-23-,35-24+,36-26+/t38-/m1/s1. The minimum absolute atomic E-state index is 0.0115. The predicted molar refractivity (Wildman–Crippen MR) is 185 cm³/mol. The molecular formula is C40H56O. The topological polar surface area (TPSA) is 20.2 Å². The van der Waals surface area contributed by atoms with Crippen LogP contribution in [0.4, 0.5) is 0 Å². The summed E-state index contributed by atoms with van der Waals surface area (Å²) in [5, 5.41) is 10.1. The smallest absolute Gasteiger partial charge is 0.0585 e. The Morgan fingerprint density at radius 2 is 1.17 bits per heavy atom. The van der Waals surface area contributed by atoms with E-state index in [9.17, 15) is 5.11 Å². The molecule has 1 rings (SSSR count). The van der Waals surface area contributed by atoms with E-state index in [1.54, 1.807) is 0 Å². The van der Waals surface area contributed by atoms with Crippen molar-refractivity contribution in [1.82, 2.24) is 0 Å². The van der Waals surface area contributed by atoms with E-state index < -0.39 is 0 Å². The van der Waals surface area contributed by atoms with Crippen LogP contribution in [0.15, 0.2) is 142 Å². The fourth-order valence-corrected chi connectivity index (χ4v) is 4.77. The Morgan fingerprint density at radius 1 is 0.707 bits per heavy atom. The third kappa shape index (κ3) is 16.6. The molecule has 0 aromatic rings. The zero-order valence-electron chi connectivity index (χ0n) is 27.6. The lowest BCUT2D eigenvalue weighted by molar-refractivity contribution is 0.116. The molecule has 41 heavy (non-hydrogen) atoms. The first-order valence-corrected chi connectivity index (χ1v) is 15.1. The maximum atomic E-state index is 10.1. The van der Waals surface area contributed by atoms with Gasteiger partial charge in [-0.3, -0.25) is 0 Å². The molecule has 0 aromatic carbocycles. The van der Waals surface area contributed by atoms with Gasteiger partial charge in [-0.2, -0.15) is 0 Å². The largest absolute Gasteiger partial charge is 0.393 e. The number of rotatable bonds is 13. The minimum Gasteiger partial charge on any atom is -0.393 e. The molecular weight excluding hydrogens is 496 g/mol. The molecule has 0 bridgehead atoms. The van der Waals surface area contributed by atoms with Crippen LogP contribution < -0.4 is 0 Å². The lowest BCUT2D eigenvalue weighted by atomic mass is 9.71. The van der Waals surface area contributed by atoms with E-state index in [1.165, 1.54) is 44.6 Å². The molecule has 0 aliphatic heterocycles. The van der Waals surface area contributed by atoms with Crippen molar-refractivity contribution < 1.29 is 5.11 Å². The molecule has 0 unspecified atom stereocenters. The lowest BCUT2D eigenvalue weighted by Gasteiger charge is -2.35. The van der Waals surface area contributed by atoms with Crippen molar-refractivity contribution in [3.8, 4) is 0 Å². The Balaban J connectivity index is 2.60. The Hall–Kier alpha value is -3.16. The van der Waals surface area contributed by atoms with Crippen molar-refractivity contribution >= 4 is 0 Å². The van der Waals surface area contributed by atoms with E-state index in [4.69, 9.17) is 0 Å². The van der Waals surface area contributed by atoms with Crippen LogP contribution in [0.3, 0.4) is 0 Å². The van der Waals surface area contributed by atoms with Gasteiger partial charge in [-0.25, -0.2) is 0 Å². The SMILES string of the molecule is CC(C)=CCC\C(C)=C/C=C/C(C)=C/C=C/C(C)=C/C=C/C=C(C)/C=C/C=C(C)/C=C/C1=C(C)C[C@@H](O)CC1(C)C. The molecule has 222 valence electrons. The molecule has 1 aliphatic carbocycles. The summed E-state index contributed by atoms with van der Waals surface area (Å²) in [6.45, 7) is 21.6. The van der Waals surface area contributed by atoms with Gasteiger partial charge in [0, 0.05) is 0 Å².